The molecule has 0 atom stereocenters. The number of fused-ring (bicyclic) bond motifs is 1. The second-order valence-corrected chi connectivity index (χ2v) is 4.99. The molecule has 1 aliphatic heterocycles. The van der Waals surface area contributed by atoms with Gasteiger partial charge in [0.25, 0.3) is 0 Å². The molecule has 0 spiro atoms. The summed E-state index contributed by atoms with van der Waals surface area (Å²) in [4.78, 5) is 14.5. The number of rotatable bonds is 1. The number of nitrogens with zero attached hydrogens (tertiary/aromatic N) is 1. The summed E-state index contributed by atoms with van der Waals surface area (Å²) >= 11 is 1.90. The van der Waals surface area contributed by atoms with E-state index in [1.54, 1.807) is 19.0 Å². The topological polar surface area (TPSA) is 32.3 Å². The number of carbonyl (C=O) groups is 1. The Kier molecular flexibility index (Phi) is 3.39. The van der Waals surface area contributed by atoms with Crippen LogP contribution in [0.25, 0.3) is 0 Å². The molecule has 1 aromatic rings. The second-order valence-electron chi connectivity index (χ2n) is 3.86. The van der Waals surface area contributed by atoms with Crippen LogP contribution in [-0.4, -0.2) is 25.9 Å². The summed E-state index contributed by atoms with van der Waals surface area (Å²) in [5.41, 5.74) is 2.32. The Morgan fingerprint density at radius 1 is 1.50 bits per heavy atom. The average Bonchev–Trinajstić information content (AvgIpc) is 2.36. The van der Waals surface area contributed by atoms with Crippen molar-refractivity contribution < 1.29 is 4.79 Å². The Hall–Kier alpha value is -1.16. The molecule has 1 heterocycles. The zero-order chi connectivity index (χ0) is 11.5. The molecule has 0 saturated heterocycles. The zero-order valence-corrected chi connectivity index (χ0v) is 10.4. The van der Waals surface area contributed by atoms with Crippen molar-refractivity contribution >= 4 is 23.5 Å². The predicted octanol–water partition coefficient (Wildman–Crippen LogP) is 2.50. The molecule has 0 radical (unpaired) electrons. The maximum Gasteiger partial charge on any atom is 0.321 e. The first-order chi connectivity index (χ1) is 7.72. The smallest absolute Gasteiger partial charge is 0.321 e. The predicted molar refractivity (Wildman–Crippen MR) is 68.3 cm³/mol. The standard InChI is InChI=1S/C12H16N2OS/c1-13-12(15)14(2)10-5-6-11-9(8-10)4-3-7-16-11/h5-6,8H,3-4,7H2,1-2H3,(H,13,15). The molecule has 86 valence electrons. The van der Waals surface area contributed by atoms with Crippen molar-refractivity contribution in [1.29, 1.82) is 0 Å². The van der Waals surface area contributed by atoms with Crippen molar-refractivity contribution in [3.63, 3.8) is 0 Å². The van der Waals surface area contributed by atoms with E-state index < -0.39 is 0 Å². The van der Waals surface area contributed by atoms with Crippen LogP contribution in [0, 0.1) is 0 Å². The third-order valence-electron chi connectivity index (χ3n) is 2.80. The van der Waals surface area contributed by atoms with Crippen LogP contribution >= 0.6 is 11.8 Å². The van der Waals surface area contributed by atoms with Gasteiger partial charge in [-0.15, -0.1) is 11.8 Å². The SMILES string of the molecule is CNC(=O)N(C)c1ccc2c(c1)CCCS2. The van der Waals surface area contributed by atoms with Gasteiger partial charge >= 0.3 is 6.03 Å². The minimum absolute atomic E-state index is 0.0802. The lowest BCUT2D eigenvalue weighted by atomic mass is 10.1. The first-order valence-electron chi connectivity index (χ1n) is 5.43. The van der Waals surface area contributed by atoms with Gasteiger partial charge in [-0.05, 0) is 42.4 Å². The van der Waals surface area contributed by atoms with E-state index in [-0.39, 0.29) is 6.03 Å². The van der Waals surface area contributed by atoms with Gasteiger partial charge in [0, 0.05) is 24.7 Å². The number of hydrogen-bond acceptors (Lipinski definition) is 2. The first kappa shape index (κ1) is 11.3. The zero-order valence-electron chi connectivity index (χ0n) is 9.62. The van der Waals surface area contributed by atoms with E-state index in [9.17, 15) is 4.79 Å². The lowest BCUT2D eigenvalue weighted by molar-refractivity contribution is 0.249. The molecule has 16 heavy (non-hydrogen) atoms. The van der Waals surface area contributed by atoms with Crippen molar-refractivity contribution in [2.45, 2.75) is 17.7 Å². The molecular formula is C12H16N2OS. The number of urea groups is 1. The summed E-state index contributed by atoms with van der Waals surface area (Å²) in [6.07, 6.45) is 2.35. The molecule has 0 aliphatic carbocycles. The van der Waals surface area contributed by atoms with E-state index >= 15 is 0 Å². The van der Waals surface area contributed by atoms with Crippen LogP contribution in [-0.2, 0) is 6.42 Å². The Morgan fingerprint density at radius 2 is 2.31 bits per heavy atom. The summed E-state index contributed by atoms with van der Waals surface area (Å²) in [5.74, 6) is 1.21. The molecule has 0 fully saturated rings. The minimum Gasteiger partial charge on any atom is -0.341 e. The fourth-order valence-electron chi connectivity index (χ4n) is 1.84. The van der Waals surface area contributed by atoms with Crippen LogP contribution in [0.4, 0.5) is 10.5 Å². The van der Waals surface area contributed by atoms with Gasteiger partial charge in [-0.2, -0.15) is 0 Å². The number of anilines is 1. The molecule has 0 unspecified atom stereocenters. The van der Waals surface area contributed by atoms with Crippen LogP contribution in [0.2, 0.25) is 0 Å². The summed E-state index contributed by atoms with van der Waals surface area (Å²) in [6, 6.07) is 6.17. The molecule has 2 amide bonds. The molecule has 2 rings (SSSR count). The van der Waals surface area contributed by atoms with Crippen LogP contribution < -0.4 is 10.2 Å². The van der Waals surface area contributed by atoms with Gasteiger partial charge in [0.1, 0.15) is 0 Å². The van der Waals surface area contributed by atoms with Crippen LogP contribution in [0.3, 0.4) is 0 Å². The molecule has 0 aromatic heterocycles. The highest BCUT2D eigenvalue weighted by Crippen LogP contribution is 2.32. The highest BCUT2D eigenvalue weighted by Gasteiger charge is 2.13. The largest absolute Gasteiger partial charge is 0.341 e. The van der Waals surface area contributed by atoms with Gasteiger partial charge in [0.05, 0.1) is 0 Å². The number of aryl methyl sites for hydroxylation is 1. The third kappa shape index (κ3) is 2.16. The van der Waals surface area contributed by atoms with Crippen molar-refractivity contribution in [2.75, 3.05) is 24.7 Å². The fraction of sp³-hybridized carbons (Fsp3) is 0.417. The summed E-state index contributed by atoms with van der Waals surface area (Å²) in [6.45, 7) is 0. The van der Waals surface area contributed by atoms with Crippen molar-refractivity contribution in [3.05, 3.63) is 23.8 Å². The van der Waals surface area contributed by atoms with E-state index in [4.69, 9.17) is 0 Å². The fourth-order valence-corrected chi connectivity index (χ4v) is 2.86. The van der Waals surface area contributed by atoms with E-state index in [1.165, 1.54) is 22.6 Å². The number of thioether (sulfide) groups is 1. The van der Waals surface area contributed by atoms with E-state index in [0.29, 0.717) is 0 Å². The summed E-state index contributed by atoms with van der Waals surface area (Å²) in [5, 5.41) is 2.63. The molecule has 0 bridgehead atoms. The van der Waals surface area contributed by atoms with Gasteiger partial charge in [-0.3, -0.25) is 4.90 Å². The van der Waals surface area contributed by atoms with E-state index in [0.717, 1.165) is 12.1 Å². The Bertz CT molecular complexity index is 406. The quantitative estimate of drug-likeness (QED) is 0.812. The van der Waals surface area contributed by atoms with Gasteiger partial charge in [-0.1, -0.05) is 0 Å². The van der Waals surface area contributed by atoms with Crippen molar-refractivity contribution in [3.8, 4) is 0 Å². The maximum atomic E-state index is 11.5. The van der Waals surface area contributed by atoms with Crippen molar-refractivity contribution in [1.82, 2.24) is 5.32 Å². The normalized spacial score (nSPS) is 14.1. The molecule has 1 aliphatic rings. The van der Waals surface area contributed by atoms with Crippen molar-refractivity contribution in [2.24, 2.45) is 0 Å². The van der Waals surface area contributed by atoms with Gasteiger partial charge in [0.2, 0.25) is 0 Å². The Morgan fingerprint density at radius 3 is 3.06 bits per heavy atom. The summed E-state index contributed by atoms with van der Waals surface area (Å²) < 4.78 is 0. The highest BCUT2D eigenvalue weighted by molar-refractivity contribution is 7.99. The summed E-state index contributed by atoms with van der Waals surface area (Å²) in [7, 11) is 3.43. The van der Waals surface area contributed by atoms with E-state index in [1.807, 2.05) is 17.8 Å². The highest BCUT2D eigenvalue weighted by atomic mass is 32.2. The maximum absolute atomic E-state index is 11.5. The third-order valence-corrected chi connectivity index (χ3v) is 4.00. The second kappa shape index (κ2) is 4.78. The minimum atomic E-state index is -0.0802. The van der Waals surface area contributed by atoms with Crippen LogP contribution in [0.15, 0.2) is 23.1 Å². The molecule has 1 N–H and O–H groups in total. The molecule has 3 nitrogen and oxygen atoms in total. The van der Waals surface area contributed by atoms with Gasteiger partial charge < -0.3 is 5.32 Å². The number of nitrogens with one attached hydrogen (secondary N) is 1. The van der Waals surface area contributed by atoms with E-state index in [2.05, 4.69) is 17.4 Å². The number of hydrogen-bond donors (Lipinski definition) is 1. The molecule has 4 heteroatoms. The van der Waals surface area contributed by atoms with Gasteiger partial charge in [-0.25, -0.2) is 4.79 Å². The molecule has 0 saturated carbocycles. The average molecular weight is 236 g/mol. The number of benzene rings is 1. The van der Waals surface area contributed by atoms with Crippen LogP contribution in [0.1, 0.15) is 12.0 Å². The number of carbonyl (C=O) groups excluding carboxylic acids is 1. The lowest BCUT2D eigenvalue weighted by Crippen LogP contribution is -2.34. The van der Waals surface area contributed by atoms with Crippen LogP contribution in [0.5, 0.6) is 0 Å². The molecular weight excluding hydrogens is 220 g/mol. The Labute approximate surface area is 100 Å². The molecule has 1 aromatic carbocycles. The van der Waals surface area contributed by atoms with Gasteiger partial charge in [0.15, 0.2) is 0 Å². The first-order valence-corrected chi connectivity index (χ1v) is 6.42. The number of amides is 2. The lowest BCUT2D eigenvalue weighted by Gasteiger charge is -2.21. The Balaban J connectivity index is 2.26. The monoisotopic (exact) mass is 236 g/mol.